The molecule has 0 amide bonds. The van der Waals surface area contributed by atoms with Crippen LogP contribution < -0.4 is 0 Å². The average Bonchev–Trinajstić information content (AvgIpc) is 2.03. The van der Waals surface area contributed by atoms with E-state index in [0.717, 1.165) is 0 Å². The van der Waals surface area contributed by atoms with E-state index in [9.17, 15) is 9.13 Å². The molecule has 0 fully saturated rings. The number of hydrogen-bond acceptors (Lipinski definition) is 4. The molecule has 94 valence electrons. The highest BCUT2D eigenvalue weighted by Gasteiger charge is 2.13. The third-order valence-electron chi connectivity index (χ3n) is 1.14. The summed E-state index contributed by atoms with van der Waals surface area (Å²) in [6.45, 7) is 7.37. The van der Waals surface area contributed by atoms with Crippen LogP contribution in [0.2, 0.25) is 0 Å². The molecular formula is C7H20O6P2. The highest BCUT2D eigenvalue weighted by Crippen LogP contribution is 2.43. The van der Waals surface area contributed by atoms with Crippen molar-refractivity contribution in [2.75, 3.05) is 26.0 Å². The fourth-order valence-corrected chi connectivity index (χ4v) is 1.52. The fraction of sp³-hybridized carbons (Fsp3) is 1.00. The molecule has 0 radical (unpaired) electrons. The summed E-state index contributed by atoms with van der Waals surface area (Å²) in [7, 11) is -6.34. The minimum Gasteiger partial charge on any atom is -0.324 e. The summed E-state index contributed by atoms with van der Waals surface area (Å²) in [5, 5.41) is 0. The number of rotatable bonds is 5. The van der Waals surface area contributed by atoms with Crippen molar-refractivity contribution in [3.8, 4) is 0 Å². The van der Waals surface area contributed by atoms with Gasteiger partial charge >= 0.3 is 15.2 Å². The molecule has 0 unspecified atom stereocenters. The van der Waals surface area contributed by atoms with Crippen LogP contribution in [0.3, 0.4) is 0 Å². The molecule has 0 aliphatic carbocycles. The Morgan fingerprint density at radius 1 is 1.00 bits per heavy atom. The second-order valence-corrected chi connectivity index (χ2v) is 6.61. The zero-order valence-electron chi connectivity index (χ0n) is 9.54. The summed E-state index contributed by atoms with van der Waals surface area (Å²) in [6.07, 6.45) is -0.0625. The third-order valence-corrected chi connectivity index (χ3v) is 3.42. The van der Waals surface area contributed by atoms with E-state index in [4.69, 9.17) is 18.8 Å². The molecule has 0 aliphatic rings. The lowest BCUT2D eigenvalue weighted by Gasteiger charge is -2.10. The molecule has 15 heavy (non-hydrogen) atoms. The Bertz CT molecular complexity index is 226. The van der Waals surface area contributed by atoms with E-state index in [1.54, 1.807) is 13.8 Å². The van der Waals surface area contributed by atoms with E-state index in [0.29, 0.717) is 13.2 Å². The fourth-order valence-electron chi connectivity index (χ4n) is 0.506. The van der Waals surface area contributed by atoms with Gasteiger partial charge in [0, 0.05) is 12.8 Å². The Balaban J connectivity index is 0. The van der Waals surface area contributed by atoms with Gasteiger partial charge in [0.05, 0.1) is 13.2 Å². The van der Waals surface area contributed by atoms with Gasteiger partial charge in [-0.1, -0.05) is 6.92 Å². The first kappa shape index (κ1) is 17.7. The summed E-state index contributed by atoms with van der Waals surface area (Å²) in [4.78, 5) is 15.9. The van der Waals surface area contributed by atoms with Crippen LogP contribution in [0.1, 0.15) is 20.8 Å². The van der Waals surface area contributed by atoms with E-state index >= 15 is 0 Å². The summed E-state index contributed by atoms with van der Waals surface area (Å²) < 4.78 is 30.3. The lowest BCUT2D eigenvalue weighted by molar-refractivity contribution is 0.225. The Kier molecular flexibility index (Phi) is 9.97. The van der Waals surface area contributed by atoms with Crippen molar-refractivity contribution in [1.29, 1.82) is 0 Å². The van der Waals surface area contributed by atoms with Gasteiger partial charge in [0.15, 0.2) is 0 Å². The lowest BCUT2D eigenvalue weighted by Crippen LogP contribution is -1.92. The molecule has 0 heterocycles. The Morgan fingerprint density at radius 3 is 1.40 bits per heavy atom. The Labute approximate surface area is 90.7 Å². The van der Waals surface area contributed by atoms with Crippen molar-refractivity contribution in [3.05, 3.63) is 0 Å². The molecule has 0 rings (SSSR count). The predicted molar refractivity (Wildman–Crippen MR) is 59.4 cm³/mol. The van der Waals surface area contributed by atoms with Crippen molar-refractivity contribution >= 4 is 15.2 Å². The first-order chi connectivity index (χ1) is 6.68. The molecule has 8 heteroatoms. The van der Waals surface area contributed by atoms with E-state index < -0.39 is 15.2 Å². The van der Waals surface area contributed by atoms with Crippen LogP contribution in [0.4, 0.5) is 0 Å². The van der Waals surface area contributed by atoms with Gasteiger partial charge in [-0.05, 0) is 13.8 Å². The molecule has 0 aliphatic heterocycles. The quantitative estimate of drug-likeness (QED) is 0.736. The predicted octanol–water partition coefficient (Wildman–Crippen LogP) is 2.07. The Morgan fingerprint density at radius 2 is 1.27 bits per heavy atom. The molecule has 0 bridgehead atoms. The van der Waals surface area contributed by atoms with Crippen LogP contribution in [0, 0.1) is 0 Å². The van der Waals surface area contributed by atoms with Crippen LogP contribution in [0.25, 0.3) is 0 Å². The van der Waals surface area contributed by atoms with Gasteiger partial charge in [-0.25, -0.2) is 0 Å². The van der Waals surface area contributed by atoms with Crippen molar-refractivity contribution in [2.24, 2.45) is 0 Å². The zero-order valence-corrected chi connectivity index (χ0v) is 11.3. The summed E-state index contributed by atoms with van der Waals surface area (Å²) in [6, 6.07) is 0. The monoisotopic (exact) mass is 262 g/mol. The van der Waals surface area contributed by atoms with Crippen molar-refractivity contribution in [2.45, 2.75) is 20.8 Å². The molecule has 0 aromatic heterocycles. The summed E-state index contributed by atoms with van der Waals surface area (Å²) in [5.41, 5.74) is 0. The normalized spacial score (nSPS) is 11.9. The van der Waals surface area contributed by atoms with Crippen LogP contribution in [-0.2, 0) is 18.2 Å². The zero-order chi connectivity index (χ0) is 12.5. The van der Waals surface area contributed by atoms with E-state index in [1.165, 1.54) is 13.6 Å². The van der Waals surface area contributed by atoms with E-state index in [1.807, 2.05) is 0 Å². The maximum Gasteiger partial charge on any atom is 0.327 e. The Hall–Kier alpha value is 0.300. The second-order valence-electron chi connectivity index (χ2n) is 2.59. The van der Waals surface area contributed by atoms with Gasteiger partial charge in [-0.3, -0.25) is 9.13 Å². The van der Waals surface area contributed by atoms with Gasteiger partial charge in [-0.2, -0.15) is 0 Å². The van der Waals surface area contributed by atoms with E-state index in [2.05, 4.69) is 0 Å². The largest absolute Gasteiger partial charge is 0.327 e. The third kappa shape index (κ3) is 16.9. The van der Waals surface area contributed by atoms with Gasteiger partial charge < -0.3 is 18.8 Å². The molecule has 2 N–H and O–H groups in total. The molecule has 0 spiro atoms. The molecule has 0 atom stereocenters. The number of hydrogen-bond donors (Lipinski definition) is 2. The maximum absolute atomic E-state index is 11.0. The first-order valence-corrected chi connectivity index (χ1v) is 8.38. The minimum absolute atomic E-state index is 0.0625. The smallest absolute Gasteiger partial charge is 0.324 e. The molecule has 0 saturated carbocycles. The summed E-state index contributed by atoms with van der Waals surface area (Å²) >= 11 is 0. The molecule has 6 nitrogen and oxygen atoms in total. The van der Waals surface area contributed by atoms with Crippen LogP contribution >= 0.6 is 15.2 Å². The van der Waals surface area contributed by atoms with Crippen molar-refractivity contribution in [3.63, 3.8) is 0 Å². The highest BCUT2D eigenvalue weighted by molar-refractivity contribution is 7.53. The van der Waals surface area contributed by atoms with Crippen LogP contribution in [0.5, 0.6) is 0 Å². The van der Waals surface area contributed by atoms with Gasteiger partial charge in [-0.15, -0.1) is 0 Å². The lowest BCUT2D eigenvalue weighted by atomic mass is 10.9. The topological polar surface area (TPSA) is 93.1 Å². The van der Waals surface area contributed by atoms with Crippen LogP contribution in [0.15, 0.2) is 0 Å². The molecule has 0 aromatic carbocycles. The van der Waals surface area contributed by atoms with Gasteiger partial charge in [0.1, 0.15) is 0 Å². The maximum atomic E-state index is 11.0. The minimum atomic E-state index is -3.65. The van der Waals surface area contributed by atoms with Crippen LogP contribution in [-0.4, -0.2) is 35.8 Å². The van der Waals surface area contributed by atoms with Gasteiger partial charge in [0.25, 0.3) is 0 Å². The first-order valence-electron chi connectivity index (χ1n) is 4.59. The molecule has 0 saturated heterocycles. The summed E-state index contributed by atoms with van der Waals surface area (Å²) in [5.74, 6) is 0. The van der Waals surface area contributed by atoms with Gasteiger partial charge in [0.2, 0.25) is 0 Å². The average molecular weight is 262 g/mol. The van der Waals surface area contributed by atoms with Crippen molar-refractivity contribution in [1.82, 2.24) is 0 Å². The standard InChI is InChI=1S/C5H13O3P.C2H7O3P/c1-4-7-9(3,6)8-5-2;1-2-6(3,4)5/h4-5H2,1-3H3;2H2,1H3,(H2,3,4,5). The van der Waals surface area contributed by atoms with Crippen molar-refractivity contribution < 1.29 is 28.0 Å². The second kappa shape index (κ2) is 8.45. The highest BCUT2D eigenvalue weighted by atomic mass is 31.2. The SMILES string of the molecule is CCOP(C)(=O)OCC.CCP(=O)(O)O. The molecular weight excluding hydrogens is 242 g/mol. The van der Waals surface area contributed by atoms with E-state index in [-0.39, 0.29) is 6.16 Å². The molecule has 0 aromatic rings.